The molecule has 4 aromatic rings. The molecule has 0 spiro atoms. The standard InChI is InChI=1S/C20H19N5S/c21-19-24-17-9-8-15(13-18(17)26-19)16-10-12-23-20(25-16)22-11-4-7-14-5-2-1-3-6-14/h1-3,5-6,8-10,12-13H,4,7,11H2,(H2,21,24)(H,22,23,25). The van der Waals surface area contributed by atoms with Crippen LogP contribution in [0.15, 0.2) is 60.8 Å². The average molecular weight is 361 g/mol. The summed E-state index contributed by atoms with van der Waals surface area (Å²) in [7, 11) is 0. The summed E-state index contributed by atoms with van der Waals surface area (Å²) in [6.07, 6.45) is 3.85. The number of nitrogen functional groups attached to an aromatic ring is 1. The number of benzene rings is 2. The average Bonchev–Trinajstić information content (AvgIpc) is 3.05. The van der Waals surface area contributed by atoms with Gasteiger partial charge in [0.15, 0.2) is 5.13 Å². The number of hydrogen-bond donors (Lipinski definition) is 2. The van der Waals surface area contributed by atoms with Gasteiger partial charge >= 0.3 is 0 Å². The Balaban J connectivity index is 1.42. The molecule has 0 amide bonds. The lowest BCUT2D eigenvalue weighted by Crippen LogP contribution is -2.06. The van der Waals surface area contributed by atoms with E-state index in [-0.39, 0.29) is 0 Å². The van der Waals surface area contributed by atoms with Crippen molar-refractivity contribution in [3.05, 3.63) is 66.4 Å². The number of hydrogen-bond acceptors (Lipinski definition) is 6. The van der Waals surface area contributed by atoms with E-state index in [0.717, 1.165) is 40.9 Å². The first kappa shape index (κ1) is 16.5. The van der Waals surface area contributed by atoms with Crippen molar-refractivity contribution in [2.75, 3.05) is 17.6 Å². The zero-order valence-corrected chi connectivity index (χ0v) is 15.0. The first-order chi connectivity index (χ1) is 12.8. The second-order valence-electron chi connectivity index (χ2n) is 6.02. The molecular formula is C20H19N5S. The van der Waals surface area contributed by atoms with Gasteiger partial charge in [-0.1, -0.05) is 47.7 Å². The van der Waals surface area contributed by atoms with Gasteiger partial charge in [0.1, 0.15) is 0 Å². The Labute approximate surface area is 156 Å². The Morgan fingerprint density at radius 1 is 1.00 bits per heavy atom. The van der Waals surface area contributed by atoms with Gasteiger partial charge in [0.05, 0.1) is 15.9 Å². The molecule has 26 heavy (non-hydrogen) atoms. The van der Waals surface area contributed by atoms with Crippen molar-refractivity contribution in [2.24, 2.45) is 0 Å². The summed E-state index contributed by atoms with van der Waals surface area (Å²) in [5.41, 5.74) is 9.98. The monoisotopic (exact) mass is 361 g/mol. The molecule has 2 heterocycles. The van der Waals surface area contributed by atoms with Crippen molar-refractivity contribution in [3.63, 3.8) is 0 Å². The molecule has 3 N–H and O–H groups in total. The fourth-order valence-corrected chi connectivity index (χ4v) is 3.62. The Morgan fingerprint density at radius 3 is 2.77 bits per heavy atom. The van der Waals surface area contributed by atoms with Crippen LogP contribution in [0, 0.1) is 0 Å². The van der Waals surface area contributed by atoms with Crippen molar-refractivity contribution < 1.29 is 0 Å². The van der Waals surface area contributed by atoms with Crippen LogP contribution in [0.4, 0.5) is 11.1 Å². The Morgan fingerprint density at radius 2 is 1.88 bits per heavy atom. The molecular weight excluding hydrogens is 342 g/mol. The minimum atomic E-state index is 0.584. The second-order valence-corrected chi connectivity index (χ2v) is 7.08. The molecule has 130 valence electrons. The minimum Gasteiger partial charge on any atom is -0.375 e. The van der Waals surface area contributed by atoms with E-state index in [1.165, 1.54) is 16.9 Å². The molecule has 0 radical (unpaired) electrons. The van der Waals surface area contributed by atoms with Crippen LogP contribution >= 0.6 is 11.3 Å². The predicted molar refractivity (Wildman–Crippen MR) is 108 cm³/mol. The van der Waals surface area contributed by atoms with E-state index >= 15 is 0 Å². The quantitative estimate of drug-likeness (QED) is 0.498. The summed E-state index contributed by atoms with van der Waals surface area (Å²) in [5, 5.41) is 3.90. The predicted octanol–water partition coefficient (Wildman–Crippen LogP) is 4.38. The summed E-state index contributed by atoms with van der Waals surface area (Å²) < 4.78 is 1.07. The number of anilines is 2. The van der Waals surface area contributed by atoms with Crippen LogP contribution in [0.2, 0.25) is 0 Å². The van der Waals surface area contributed by atoms with Crippen LogP contribution in [0.25, 0.3) is 21.5 Å². The third-order valence-electron chi connectivity index (χ3n) is 4.12. The van der Waals surface area contributed by atoms with E-state index < -0.39 is 0 Å². The van der Waals surface area contributed by atoms with Gasteiger partial charge in [-0.25, -0.2) is 15.0 Å². The maximum Gasteiger partial charge on any atom is 0.223 e. The van der Waals surface area contributed by atoms with Crippen molar-refractivity contribution in [1.29, 1.82) is 0 Å². The lowest BCUT2D eigenvalue weighted by Gasteiger charge is -2.07. The number of aryl methyl sites for hydroxylation is 1. The second kappa shape index (κ2) is 7.49. The maximum atomic E-state index is 5.79. The summed E-state index contributed by atoms with van der Waals surface area (Å²) in [6, 6.07) is 18.5. The largest absolute Gasteiger partial charge is 0.375 e. The zero-order valence-electron chi connectivity index (χ0n) is 14.2. The van der Waals surface area contributed by atoms with Gasteiger partial charge in [0.25, 0.3) is 0 Å². The van der Waals surface area contributed by atoms with Crippen LogP contribution in [-0.4, -0.2) is 21.5 Å². The molecule has 0 aliphatic heterocycles. The van der Waals surface area contributed by atoms with E-state index in [1.54, 1.807) is 6.20 Å². The van der Waals surface area contributed by atoms with Gasteiger partial charge in [-0.15, -0.1) is 0 Å². The Bertz CT molecular complexity index is 1010. The highest BCUT2D eigenvalue weighted by Gasteiger charge is 2.06. The topological polar surface area (TPSA) is 76.7 Å². The number of rotatable bonds is 6. The molecule has 0 bridgehead atoms. The number of thiazole rings is 1. The third-order valence-corrected chi connectivity index (χ3v) is 4.97. The molecule has 4 rings (SSSR count). The van der Waals surface area contributed by atoms with Crippen molar-refractivity contribution in [2.45, 2.75) is 12.8 Å². The van der Waals surface area contributed by atoms with E-state index in [0.29, 0.717) is 11.1 Å². The van der Waals surface area contributed by atoms with E-state index in [9.17, 15) is 0 Å². The van der Waals surface area contributed by atoms with E-state index in [4.69, 9.17) is 5.73 Å². The highest BCUT2D eigenvalue weighted by atomic mass is 32.1. The molecule has 6 heteroatoms. The molecule has 0 unspecified atom stereocenters. The number of aromatic nitrogens is 3. The molecule has 5 nitrogen and oxygen atoms in total. The number of nitrogens with two attached hydrogens (primary N) is 1. The van der Waals surface area contributed by atoms with Crippen LogP contribution < -0.4 is 11.1 Å². The first-order valence-electron chi connectivity index (χ1n) is 8.55. The Hall–Kier alpha value is -2.99. The van der Waals surface area contributed by atoms with Gasteiger partial charge in [-0.2, -0.15) is 0 Å². The van der Waals surface area contributed by atoms with Crippen LogP contribution in [0.3, 0.4) is 0 Å². The summed E-state index contributed by atoms with van der Waals surface area (Å²) >= 11 is 1.49. The molecule has 0 saturated carbocycles. The summed E-state index contributed by atoms with van der Waals surface area (Å²) in [6.45, 7) is 0.836. The van der Waals surface area contributed by atoms with Crippen molar-refractivity contribution in [3.8, 4) is 11.3 Å². The van der Waals surface area contributed by atoms with Crippen LogP contribution in [0.5, 0.6) is 0 Å². The third kappa shape index (κ3) is 3.81. The van der Waals surface area contributed by atoms with Gasteiger partial charge in [-0.3, -0.25) is 0 Å². The lowest BCUT2D eigenvalue weighted by atomic mass is 10.1. The maximum absolute atomic E-state index is 5.79. The van der Waals surface area contributed by atoms with Crippen LogP contribution in [-0.2, 0) is 6.42 Å². The van der Waals surface area contributed by atoms with Gasteiger partial charge in [0.2, 0.25) is 5.95 Å². The zero-order chi connectivity index (χ0) is 17.8. The molecule has 0 aliphatic carbocycles. The number of fused-ring (bicyclic) bond motifs is 1. The highest BCUT2D eigenvalue weighted by Crippen LogP contribution is 2.28. The van der Waals surface area contributed by atoms with Gasteiger partial charge < -0.3 is 11.1 Å². The van der Waals surface area contributed by atoms with Crippen molar-refractivity contribution >= 4 is 32.6 Å². The number of nitrogens with one attached hydrogen (secondary N) is 1. The smallest absolute Gasteiger partial charge is 0.223 e. The van der Waals surface area contributed by atoms with Crippen LogP contribution in [0.1, 0.15) is 12.0 Å². The SMILES string of the molecule is Nc1nc2ccc(-c3ccnc(NCCCc4ccccc4)n3)cc2s1. The van der Waals surface area contributed by atoms with Crippen molar-refractivity contribution in [1.82, 2.24) is 15.0 Å². The molecule has 2 aromatic carbocycles. The minimum absolute atomic E-state index is 0.584. The Kier molecular flexibility index (Phi) is 4.75. The van der Waals surface area contributed by atoms with Gasteiger partial charge in [0, 0.05) is 18.3 Å². The molecule has 0 saturated heterocycles. The fourth-order valence-electron chi connectivity index (χ4n) is 2.84. The normalized spacial score (nSPS) is 10.9. The highest BCUT2D eigenvalue weighted by molar-refractivity contribution is 7.22. The van der Waals surface area contributed by atoms with E-state index in [1.807, 2.05) is 24.3 Å². The van der Waals surface area contributed by atoms with E-state index in [2.05, 4.69) is 50.6 Å². The lowest BCUT2D eigenvalue weighted by molar-refractivity contribution is 0.853. The number of nitrogens with zero attached hydrogens (tertiary/aromatic N) is 3. The molecule has 0 atom stereocenters. The fraction of sp³-hybridized carbons (Fsp3) is 0.150. The summed E-state index contributed by atoms with van der Waals surface area (Å²) in [5.74, 6) is 0.652. The first-order valence-corrected chi connectivity index (χ1v) is 9.37. The molecule has 0 aliphatic rings. The van der Waals surface area contributed by atoms with Gasteiger partial charge in [-0.05, 0) is 36.6 Å². The molecule has 0 fully saturated rings. The molecule has 2 aromatic heterocycles. The summed E-state index contributed by atoms with van der Waals surface area (Å²) in [4.78, 5) is 13.2.